The van der Waals surface area contributed by atoms with Gasteiger partial charge in [0.05, 0.1) is 11.5 Å². The summed E-state index contributed by atoms with van der Waals surface area (Å²) in [4.78, 5) is 13.6. The third kappa shape index (κ3) is 4.75. The fourth-order valence-electron chi connectivity index (χ4n) is 3.66. The molecular weight excluding hydrogens is 362 g/mol. The van der Waals surface area contributed by atoms with Gasteiger partial charge in [0.1, 0.15) is 5.82 Å². The lowest BCUT2D eigenvalue weighted by Crippen LogP contribution is -2.46. The zero-order chi connectivity index (χ0) is 18.7. The molecule has 144 valence electrons. The normalized spacial score (nSPS) is 22.7. The number of benzene rings is 1. The molecule has 4 rings (SSSR count). The van der Waals surface area contributed by atoms with Gasteiger partial charge in [-0.3, -0.25) is 4.90 Å². The molecule has 7 nitrogen and oxygen atoms in total. The molecule has 0 bridgehead atoms. The van der Waals surface area contributed by atoms with Crippen LogP contribution in [0.2, 0.25) is 0 Å². The maximum atomic E-state index is 11.6. The molecule has 0 spiro atoms. The minimum Gasteiger partial charge on any atom is -0.354 e. The summed E-state index contributed by atoms with van der Waals surface area (Å²) < 4.78 is 23.2. The van der Waals surface area contributed by atoms with Gasteiger partial charge in [0.15, 0.2) is 9.84 Å². The Balaban J connectivity index is 1.33. The molecule has 0 saturated carbocycles. The summed E-state index contributed by atoms with van der Waals surface area (Å²) in [6, 6.07) is 12.4. The van der Waals surface area contributed by atoms with E-state index in [1.165, 1.54) is 5.56 Å². The molecule has 1 N–H and O–H groups in total. The smallest absolute Gasteiger partial charge is 0.224 e. The number of anilines is 2. The van der Waals surface area contributed by atoms with Crippen LogP contribution < -0.4 is 10.2 Å². The molecule has 0 radical (unpaired) electrons. The van der Waals surface area contributed by atoms with Gasteiger partial charge in [-0.1, -0.05) is 30.3 Å². The quantitative estimate of drug-likeness (QED) is 0.831. The first-order valence-corrected chi connectivity index (χ1v) is 11.2. The predicted octanol–water partition coefficient (Wildman–Crippen LogP) is 1.40. The number of hydrogen-bond acceptors (Lipinski definition) is 7. The van der Waals surface area contributed by atoms with Gasteiger partial charge in [0.2, 0.25) is 5.95 Å². The summed E-state index contributed by atoms with van der Waals surface area (Å²) in [5.74, 6) is 1.82. The van der Waals surface area contributed by atoms with Crippen LogP contribution in [0.5, 0.6) is 0 Å². The molecule has 3 heterocycles. The van der Waals surface area contributed by atoms with Gasteiger partial charge >= 0.3 is 0 Å². The monoisotopic (exact) mass is 387 g/mol. The molecular formula is C19H25N5O2S. The Labute approximate surface area is 160 Å². The Bertz CT molecular complexity index is 867. The third-order valence-electron chi connectivity index (χ3n) is 5.15. The molecule has 1 aromatic heterocycles. The van der Waals surface area contributed by atoms with E-state index in [9.17, 15) is 8.42 Å². The third-order valence-corrected chi connectivity index (χ3v) is 6.92. The molecule has 27 heavy (non-hydrogen) atoms. The lowest BCUT2D eigenvalue weighted by molar-refractivity contribution is 0.249. The highest BCUT2D eigenvalue weighted by molar-refractivity contribution is 7.91. The van der Waals surface area contributed by atoms with Gasteiger partial charge < -0.3 is 10.2 Å². The SMILES string of the molecule is O=S1(=O)CCC(Nc2nccc(N3CCN(Cc4ccccc4)CC3)n2)C1. The van der Waals surface area contributed by atoms with Gasteiger partial charge in [0, 0.05) is 45.0 Å². The summed E-state index contributed by atoms with van der Waals surface area (Å²) in [6.07, 6.45) is 2.36. The van der Waals surface area contributed by atoms with E-state index in [-0.39, 0.29) is 17.5 Å². The number of aromatic nitrogens is 2. The zero-order valence-electron chi connectivity index (χ0n) is 15.3. The number of piperazine rings is 1. The molecule has 1 aromatic carbocycles. The fraction of sp³-hybridized carbons (Fsp3) is 0.474. The van der Waals surface area contributed by atoms with E-state index in [4.69, 9.17) is 0 Å². The van der Waals surface area contributed by atoms with Crippen molar-refractivity contribution in [3.05, 3.63) is 48.2 Å². The molecule has 2 aromatic rings. The first-order valence-electron chi connectivity index (χ1n) is 9.39. The number of rotatable bonds is 5. The predicted molar refractivity (Wildman–Crippen MR) is 107 cm³/mol. The molecule has 2 fully saturated rings. The van der Waals surface area contributed by atoms with Crippen LogP contribution in [0, 0.1) is 0 Å². The van der Waals surface area contributed by atoms with Crippen molar-refractivity contribution in [3.8, 4) is 0 Å². The zero-order valence-corrected chi connectivity index (χ0v) is 16.1. The second-order valence-electron chi connectivity index (χ2n) is 7.23. The number of hydrogen-bond donors (Lipinski definition) is 1. The van der Waals surface area contributed by atoms with Crippen molar-refractivity contribution in [2.24, 2.45) is 0 Å². The highest BCUT2D eigenvalue weighted by Gasteiger charge is 2.28. The van der Waals surface area contributed by atoms with E-state index in [2.05, 4.69) is 49.4 Å². The van der Waals surface area contributed by atoms with Crippen LogP contribution in [0.25, 0.3) is 0 Å². The molecule has 1 atom stereocenters. The van der Waals surface area contributed by atoms with Crippen molar-refractivity contribution in [2.45, 2.75) is 19.0 Å². The van der Waals surface area contributed by atoms with Gasteiger partial charge in [-0.25, -0.2) is 13.4 Å². The van der Waals surface area contributed by atoms with Crippen molar-refractivity contribution in [1.82, 2.24) is 14.9 Å². The summed E-state index contributed by atoms with van der Waals surface area (Å²) in [7, 11) is -2.91. The minimum absolute atomic E-state index is 0.0898. The van der Waals surface area contributed by atoms with E-state index in [1.54, 1.807) is 6.20 Å². The van der Waals surface area contributed by atoms with E-state index >= 15 is 0 Å². The highest BCUT2D eigenvalue weighted by Crippen LogP contribution is 2.19. The minimum atomic E-state index is -2.91. The maximum Gasteiger partial charge on any atom is 0.224 e. The van der Waals surface area contributed by atoms with Crippen LogP contribution in [-0.2, 0) is 16.4 Å². The molecule has 8 heteroatoms. The number of nitrogens with one attached hydrogen (secondary N) is 1. The average molecular weight is 388 g/mol. The van der Waals surface area contributed by atoms with Crippen molar-refractivity contribution in [3.63, 3.8) is 0 Å². The van der Waals surface area contributed by atoms with E-state index in [0.717, 1.165) is 38.5 Å². The van der Waals surface area contributed by atoms with Crippen LogP contribution in [0.1, 0.15) is 12.0 Å². The fourth-order valence-corrected chi connectivity index (χ4v) is 5.34. The van der Waals surface area contributed by atoms with Gasteiger partial charge in [-0.15, -0.1) is 0 Å². The van der Waals surface area contributed by atoms with Gasteiger partial charge in [-0.05, 0) is 18.1 Å². The van der Waals surface area contributed by atoms with Gasteiger partial charge in [0.25, 0.3) is 0 Å². The lowest BCUT2D eigenvalue weighted by atomic mass is 10.2. The standard InChI is InChI=1S/C19H25N5O2S/c25-27(26)13-7-17(15-27)21-19-20-8-6-18(22-19)24-11-9-23(10-12-24)14-16-4-2-1-3-5-16/h1-6,8,17H,7,9-15H2,(H,20,21,22). The molecule has 0 aliphatic carbocycles. The van der Waals surface area contributed by atoms with E-state index in [0.29, 0.717) is 12.4 Å². The second-order valence-corrected chi connectivity index (χ2v) is 9.46. The van der Waals surface area contributed by atoms with E-state index < -0.39 is 9.84 Å². The van der Waals surface area contributed by atoms with Crippen molar-refractivity contribution < 1.29 is 8.42 Å². The maximum absolute atomic E-state index is 11.6. The van der Waals surface area contributed by atoms with Crippen LogP contribution in [0.15, 0.2) is 42.6 Å². The Hall–Kier alpha value is -2.19. The largest absolute Gasteiger partial charge is 0.354 e. The highest BCUT2D eigenvalue weighted by atomic mass is 32.2. The Morgan fingerprint density at radius 3 is 2.56 bits per heavy atom. The second kappa shape index (κ2) is 7.82. The first kappa shape index (κ1) is 18.2. The van der Waals surface area contributed by atoms with Crippen molar-refractivity contribution in [1.29, 1.82) is 0 Å². The Morgan fingerprint density at radius 1 is 1.07 bits per heavy atom. The van der Waals surface area contributed by atoms with E-state index in [1.807, 2.05) is 12.1 Å². The van der Waals surface area contributed by atoms with Crippen LogP contribution in [0.3, 0.4) is 0 Å². The van der Waals surface area contributed by atoms with Gasteiger partial charge in [-0.2, -0.15) is 4.98 Å². The topological polar surface area (TPSA) is 78.4 Å². The Morgan fingerprint density at radius 2 is 1.85 bits per heavy atom. The Kier molecular flexibility index (Phi) is 5.27. The summed E-state index contributed by atoms with van der Waals surface area (Å²) in [5, 5.41) is 3.18. The molecule has 2 aliphatic heterocycles. The summed E-state index contributed by atoms with van der Waals surface area (Å²) >= 11 is 0. The van der Waals surface area contributed by atoms with Crippen LogP contribution in [-0.4, -0.2) is 67.0 Å². The first-order chi connectivity index (χ1) is 13.1. The summed E-state index contributed by atoms with van der Waals surface area (Å²) in [6.45, 7) is 4.79. The molecule has 2 aliphatic rings. The van der Waals surface area contributed by atoms with Crippen LogP contribution >= 0.6 is 0 Å². The van der Waals surface area contributed by atoms with Crippen LogP contribution in [0.4, 0.5) is 11.8 Å². The lowest BCUT2D eigenvalue weighted by Gasteiger charge is -2.35. The molecule has 0 amide bonds. The molecule has 2 saturated heterocycles. The average Bonchev–Trinajstić information content (AvgIpc) is 3.02. The van der Waals surface area contributed by atoms with Crippen molar-refractivity contribution in [2.75, 3.05) is 47.9 Å². The number of nitrogens with zero attached hydrogens (tertiary/aromatic N) is 4. The summed E-state index contributed by atoms with van der Waals surface area (Å²) in [5.41, 5.74) is 1.34. The number of sulfone groups is 1. The van der Waals surface area contributed by atoms with Crippen molar-refractivity contribution >= 4 is 21.6 Å². The molecule has 1 unspecified atom stereocenters.